The van der Waals surface area contributed by atoms with Crippen molar-refractivity contribution < 1.29 is 19.1 Å². The number of rotatable bonds is 4. The maximum absolute atomic E-state index is 12.7. The van der Waals surface area contributed by atoms with Crippen LogP contribution in [0.1, 0.15) is 37.7 Å². The molecule has 1 aliphatic carbocycles. The molecule has 0 spiro atoms. The maximum atomic E-state index is 12.7. The first kappa shape index (κ1) is 18.8. The summed E-state index contributed by atoms with van der Waals surface area (Å²) in [5, 5.41) is 0. The molecule has 1 aromatic carbocycles. The standard InChI is InChI=1S/C21H24O4/c1-24-19(22)21(20(23)25-2,18-14-8-3-4-9-15-18)16-10-13-17-11-6-5-7-12-17/h5-8,11-12,14,18H,3-4,9,15-16H2,1-2H3. The fraction of sp³-hybridized carbons (Fsp3) is 0.429. The summed E-state index contributed by atoms with van der Waals surface area (Å²) >= 11 is 0. The minimum absolute atomic E-state index is 0.0657. The summed E-state index contributed by atoms with van der Waals surface area (Å²) in [5.74, 6) is 4.58. The van der Waals surface area contributed by atoms with Crippen LogP contribution in [0.4, 0.5) is 0 Å². The Balaban J connectivity index is 2.40. The normalized spacial score (nSPS) is 17.0. The molecule has 0 fully saturated rings. The molecule has 0 N–H and O–H groups in total. The Morgan fingerprint density at radius 2 is 1.80 bits per heavy atom. The second kappa shape index (κ2) is 9.08. The number of carbonyl (C=O) groups excluding carboxylic acids is 2. The predicted octanol–water partition coefficient (Wildman–Crippen LogP) is 3.51. The van der Waals surface area contributed by atoms with Crippen molar-refractivity contribution in [1.82, 2.24) is 0 Å². The Kier molecular flexibility index (Phi) is 6.82. The fourth-order valence-corrected chi connectivity index (χ4v) is 3.23. The molecular formula is C21H24O4. The van der Waals surface area contributed by atoms with Crippen LogP contribution in [0.15, 0.2) is 42.5 Å². The molecule has 4 nitrogen and oxygen atoms in total. The van der Waals surface area contributed by atoms with Gasteiger partial charge in [0, 0.05) is 17.9 Å². The van der Waals surface area contributed by atoms with Crippen molar-refractivity contribution in [3.63, 3.8) is 0 Å². The lowest BCUT2D eigenvalue weighted by Gasteiger charge is -2.32. The highest BCUT2D eigenvalue weighted by Gasteiger charge is 2.53. The lowest BCUT2D eigenvalue weighted by Crippen LogP contribution is -2.46. The van der Waals surface area contributed by atoms with Gasteiger partial charge in [-0.25, -0.2) is 0 Å². The predicted molar refractivity (Wildman–Crippen MR) is 95.5 cm³/mol. The molecule has 1 atom stereocenters. The zero-order valence-corrected chi connectivity index (χ0v) is 14.8. The summed E-state index contributed by atoms with van der Waals surface area (Å²) in [4.78, 5) is 25.3. The molecule has 0 amide bonds. The van der Waals surface area contributed by atoms with E-state index in [0.29, 0.717) is 0 Å². The van der Waals surface area contributed by atoms with Crippen molar-refractivity contribution in [3.8, 4) is 11.8 Å². The SMILES string of the molecule is COC(=O)C(CC#Cc1ccccc1)(C(=O)OC)C1C=CCCCC1. The van der Waals surface area contributed by atoms with Gasteiger partial charge in [0.25, 0.3) is 0 Å². The van der Waals surface area contributed by atoms with E-state index in [1.54, 1.807) is 0 Å². The van der Waals surface area contributed by atoms with Gasteiger partial charge in [0.1, 0.15) is 0 Å². The number of carbonyl (C=O) groups is 2. The minimum atomic E-state index is -1.42. The van der Waals surface area contributed by atoms with Gasteiger partial charge in [-0.05, 0) is 31.4 Å². The molecule has 0 aliphatic heterocycles. The van der Waals surface area contributed by atoms with Crippen molar-refractivity contribution in [3.05, 3.63) is 48.0 Å². The molecule has 0 heterocycles. The third-order valence-electron chi connectivity index (χ3n) is 4.61. The molecule has 0 saturated carbocycles. The van der Waals surface area contributed by atoms with Gasteiger partial charge in [0.15, 0.2) is 5.41 Å². The molecule has 2 rings (SSSR count). The highest BCUT2D eigenvalue weighted by molar-refractivity contribution is 6.01. The van der Waals surface area contributed by atoms with E-state index >= 15 is 0 Å². The first-order valence-electron chi connectivity index (χ1n) is 8.52. The van der Waals surface area contributed by atoms with E-state index in [1.807, 2.05) is 42.5 Å². The van der Waals surface area contributed by atoms with E-state index in [-0.39, 0.29) is 12.3 Å². The summed E-state index contributed by atoms with van der Waals surface area (Å²) in [6, 6.07) is 9.47. The number of benzene rings is 1. The number of hydrogen-bond acceptors (Lipinski definition) is 4. The summed E-state index contributed by atoms with van der Waals surface area (Å²) in [5.41, 5.74) is -0.589. The van der Waals surface area contributed by atoms with Crippen LogP contribution in [-0.2, 0) is 19.1 Å². The molecule has 1 aliphatic rings. The third-order valence-corrected chi connectivity index (χ3v) is 4.61. The topological polar surface area (TPSA) is 52.6 Å². The highest BCUT2D eigenvalue weighted by atomic mass is 16.5. The zero-order chi connectivity index (χ0) is 18.1. The van der Waals surface area contributed by atoms with Gasteiger partial charge in [-0.1, -0.05) is 48.6 Å². The van der Waals surface area contributed by atoms with Crippen molar-refractivity contribution in [2.75, 3.05) is 14.2 Å². The van der Waals surface area contributed by atoms with Crippen LogP contribution in [0.3, 0.4) is 0 Å². The Morgan fingerprint density at radius 1 is 1.12 bits per heavy atom. The van der Waals surface area contributed by atoms with Gasteiger partial charge in [-0.2, -0.15) is 0 Å². The van der Waals surface area contributed by atoms with Crippen LogP contribution in [0, 0.1) is 23.2 Å². The van der Waals surface area contributed by atoms with Crippen LogP contribution < -0.4 is 0 Å². The van der Waals surface area contributed by atoms with Crippen molar-refractivity contribution in [2.45, 2.75) is 32.1 Å². The smallest absolute Gasteiger partial charge is 0.324 e. The number of esters is 2. The van der Waals surface area contributed by atoms with Crippen LogP contribution in [0.25, 0.3) is 0 Å². The molecule has 1 aromatic rings. The van der Waals surface area contributed by atoms with E-state index < -0.39 is 17.4 Å². The average Bonchev–Trinajstić information content (AvgIpc) is 2.94. The Hall–Kier alpha value is -2.54. The number of allylic oxidation sites excluding steroid dienone is 2. The Morgan fingerprint density at radius 3 is 2.44 bits per heavy atom. The van der Waals surface area contributed by atoms with Gasteiger partial charge in [0.05, 0.1) is 14.2 Å². The minimum Gasteiger partial charge on any atom is -0.468 e. The van der Waals surface area contributed by atoms with Gasteiger partial charge in [0.2, 0.25) is 0 Å². The Labute approximate surface area is 149 Å². The number of methoxy groups -OCH3 is 2. The first-order valence-corrected chi connectivity index (χ1v) is 8.52. The molecule has 4 heteroatoms. The van der Waals surface area contributed by atoms with Crippen molar-refractivity contribution in [1.29, 1.82) is 0 Å². The van der Waals surface area contributed by atoms with E-state index in [4.69, 9.17) is 9.47 Å². The molecule has 0 aromatic heterocycles. The molecule has 25 heavy (non-hydrogen) atoms. The van der Waals surface area contributed by atoms with Gasteiger partial charge >= 0.3 is 11.9 Å². The lowest BCUT2D eigenvalue weighted by molar-refractivity contribution is -0.172. The van der Waals surface area contributed by atoms with Crippen LogP contribution in [0.2, 0.25) is 0 Å². The zero-order valence-electron chi connectivity index (χ0n) is 14.8. The molecule has 132 valence electrons. The monoisotopic (exact) mass is 340 g/mol. The summed E-state index contributed by atoms with van der Waals surface area (Å²) < 4.78 is 9.99. The highest BCUT2D eigenvalue weighted by Crippen LogP contribution is 2.40. The lowest BCUT2D eigenvalue weighted by atomic mass is 9.70. The number of hydrogen-bond donors (Lipinski definition) is 0. The molecule has 0 radical (unpaired) electrons. The fourth-order valence-electron chi connectivity index (χ4n) is 3.23. The first-order chi connectivity index (χ1) is 12.1. The van der Waals surface area contributed by atoms with Crippen molar-refractivity contribution in [2.24, 2.45) is 11.3 Å². The molecule has 1 unspecified atom stereocenters. The quantitative estimate of drug-likeness (QED) is 0.364. The van der Waals surface area contributed by atoms with Crippen LogP contribution >= 0.6 is 0 Å². The second-order valence-corrected chi connectivity index (χ2v) is 6.12. The van der Waals surface area contributed by atoms with Gasteiger partial charge in [-0.3, -0.25) is 9.59 Å². The maximum Gasteiger partial charge on any atom is 0.324 e. The number of ether oxygens (including phenoxy) is 2. The van der Waals surface area contributed by atoms with E-state index in [2.05, 4.69) is 11.8 Å². The molecule has 0 bridgehead atoms. The van der Waals surface area contributed by atoms with Crippen LogP contribution in [0.5, 0.6) is 0 Å². The van der Waals surface area contributed by atoms with Crippen LogP contribution in [-0.4, -0.2) is 26.2 Å². The van der Waals surface area contributed by atoms with Gasteiger partial charge in [-0.15, -0.1) is 0 Å². The summed E-state index contributed by atoms with van der Waals surface area (Å²) in [7, 11) is 2.59. The van der Waals surface area contributed by atoms with Crippen molar-refractivity contribution >= 4 is 11.9 Å². The van der Waals surface area contributed by atoms with E-state index in [9.17, 15) is 9.59 Å². The summed E-state index contributed by atoms with van der Waals surface area (Å²) in [6.07, 6.45) is 7.71. The Bertz CT molecular complexity index is 663. The average molecular weight is 340 g/mol. The van der Waals surface area contributed by atoms with E-state index in [0.717, 1.165) is 31.2 Å². The summed E-state index contributed by atoms with van der Waals surface area (Å²) in [6.45, 7) is 0. The second-order valence-electron chi connectivity index (χ2n) is 6.12. The largest absolute Gasteiger partial charge is 0.468 e. The van der Waals surface area contributed by atoms with E-state index in [1.165, 1.54) is 14.2 Å². The third kappa shape index (κ3) is 4.30. The molecule has 0 saturated heterocycles. The molecular weight excluding hydrogens is 316 g/mol. The van der Waals surface area contributed by atoms with Gasteiger partial charge < -0.3 is 9.47 Å².